The van der Waals surface area contributed by atoms with Gasteiger partial charge in [-0.2, -0.15) is 0 Å². The molecule has 2 aromatic heterocycles. The maximum absolute atomic E-state index is 13.2. The van der Waals surface area contributed by atoms with E-state index in [1.807, 2.05) is 30.3 Å². The van der Waals surface area contributed by atoms with E-state index in [-0.39, 0.29) is 24.7 Å². The molecule has 1 saturated heterocycles. The number of piperidine rings is 1. The van der Waals surface area contributed by atoms with Gasteiger partial charge in [-0.3, -0.25) is 29.6 Å². The van der Waals surface area contributed by atoms with Crippen LogP contribution in [-0.2, 0) is 14.3 Å². The Morgan fingerprint density at radius 1 is 1.13 bits per heavy atom. The van der Waals surface area contributed by atoms with Crippen LogP contribution < -0.4 is 10.2 Å². The van der Waals surface area contributed by atoms with Gasteiger partial charge < -0.3 is 4.74 Å². The Morgan fingerprint density at radius 3 is 2.73 bits per heavy atom. The van der Waals surface area contributed by atoms with Gasteiger partial charge in [0.15, 0.2) is 0 Å². The highest BCUT2D eigenvalue weighted by Crippen LogP contribution is 2.41. The van der Waals surface area contributed by atoms with Crippen molar-refractivity contribution in [3.63, 3.8) is 0 Å². The molecule has 1 N–H and O–H groups in total. The van der Waals surface area contributed by atoms with Gasteiger partial charge in [0.1, 0.15) is 18.0 Å². The van der Waals surface area contributed by atoms with E-state index < -0.39 is 18.1 Å². The van der Waals surface area contributed by atoms with Crippen LogP contribution in [0.3, 0.4) is 0 Å². The number of carbonyl (C=O) groups excluding carboxylic acids is 3. The highest BCUT2D eigenvalue weighted by atomic mass is 16.5. The number of amides is 3. The molecule has 150 valence electrons. The molecule has 5 rings (SSSR count). The van der Waals surface area contributed by atoms with Crippen LogP contribution in [0.5, 0.6) is 0 Å². The highest BCUT2D eigenvalue weighted by molar-refractivity contribution is 6.26. The molecule has 2 aliphatic heterocycles. The van der Waals surface area contributed by atoms with Crippen molar-refractivity contribution in [1.29, 1.82) is 0 Å². The van der Waals surface area contributed by atoms with Crippen LogP contribution in [0, 0.1) is 0 Å². The van der Waals surface area contributed by atoms with Crippen LogP contribution in [0.25, 0.3) is 10.8 Å². The molecular formula is C22H18N4O4. The summed E-state index contributed by atoms with van der Waals surface area (Å²) in [6.07, 6.45) is 3.36. The number of methoxy groups -OCH3 is 1. The molecular weight excluding hydrogens is 384 g/mol. The lowest BCUT2D eigenvalue weighted by Crippen LogP contribution is -2.53. The summed E-state index contributed by atoms with van der Waals surface area (Å²) < 4.78 is 5.73. The summed E-state index contributed by atoms with van der Waals surface area (Å²) >= 11 is 0. The minimum absolute atomic E-state index is 0.184. The number of benzene rings is 1. The molecule has 0 radical (unpaired) electrons. The minimum Gasteiger partial charge on any atom is -0.370 e. The van der Waals surface area contributed by atoms with E-state index in [1.54, 1.807) is 25.6 Å². The molecule has 2 unspecified atom stereocenters. The predicted molar refractivity (Wildman–Crippen MR) is 108 cm³/mol. The van der Waals surface area contributed by atoms with Gasteiger partial charge in [-0.15, -0.1) is 0 Å². The van der Waals surface area contributed by atoms with Crippen molar-refractivity contribution in [2.45, 2.75) is 25.0 Å². The van der Waals surface area contributed by atoms with Crippen molar-refractivity contribution in [3.05, 3.63) is 65.6 Å². The molecule has 0 saturated carbocycles. The number of carbonyl (C=O) groups is 3. The minimum atomic E-state index is -0.766. The fourth-order valence-corrected chi connectivity index (χ4v) is 4.25. The van der Waals surface area contributed by atoms with Gasteiger partial charge in [0, 0.05) is 36.9 Å². The van der Waals surface area contributed by atoms with E-state index in [9.17, 15) is 14.4 Å². The third kappa shape index (κ3) is 2.68. The van der Waals surface area contributed by atoms with Gasteiger partial charge in [-0.25, -0.2) is 4.98 Å². The first-order chi connectivity index (χ1) is 14.6. The predicted octanol–water partition coefficient (Wildman–Crippen LogP) is 2.13. The fraction of sp³-hybridized carbons (Fsp3) is 0.227. The van der Waals surface area contributed by atoms with Crippen molar-refractivity contribution in [3.8, 4) is 0 Å². The molecule has 2 atom stereocenters. The second-order valence-corrected chi connectivity index (χ2v) is 7.28. The van der Waals surface area contributed by atoms with Crippen LogP contribution in [0.15, 0.2) is 48.8 Å². The molecule has 0 bridgehead atoms. The van der Waals surface area contributed by atoms with Crippen molar-refractivity contribution in [1.82, 2.24) is 15.3 Å². The second-order valence-electron chi connectivity index (χ2n) is 7.28. The Bertz CT molecular complexity index is 1190. The number of imide groups is 1. The fourth-order valence-electron chi connectivity index (χ4n) is 4.25. The number of ether oxygens (including phenoxy) is 1. The normalized spacial score (nSPS) is 19.3. The highest BCUT2D eigenvalue weighted by Gasteiger charge is 2.42. The Hall–Kier alpha value is -3.65. The number of hydrogen-bond donors (Lipinski definition) is 1. The molecule has 1 aromatic carbocycles. The van der Waals surface area contributed by atoms with E-state index >= 15 is 0 Å². The summed E-state index contributed by atoms with van der Waals surface area (Å²) in [6.45, 7) is 0. The molecule has 1 fully saturated rings. The van der Waals surface area contributed by atoms with Crippen LogP contribution in [0.4, 0.5) is 5.82 Å². The molecule has 0 spiro atoms. The van der Waals surface area contributed by atoms with E-state index in [0.717, 1.165) is 16.6 Å². The average molecular weight is 402 g/mol. The van der Waals surface area contributed by atoms with E-state index in [0.29, 0.717) is 16.8 Å². The average Bonchev–Trinajstić information content (AvgIpc) is 3.04. The standard InChI is InChI=1S/C22H18N4O4/c1-30-19(15-7-2-3-10-23-15)14-11-24-20-18-12(14)5-4-6-13(18)22(29)26(20)16-8-9-17(27)25-21(16)28/h2-7,10-11,16,19H,8-9H2,1H3,(H,25,27,28). The molecule has 30 heavy (non-hydrogen) atoms. The van der Waals surface area contributed by atoms with Crippen LogP contribution >= 0.6 is 0 Å². The van der Waals surface area contributed by atoms with Gasteiger partial charge in [0.25, 0.3) is 5.91 Å². The van der Waals surface area contributed by atoms with Crippen LogP contribution in [-0.4, -0.2) is 40.8 Å². The van der Waals surface area contributed by atoms with Gasteiger partial charge in [-0.1, -0.05) is 18.2 Å². The summed E-state index contributed by atoms with van der Waals surface area (Å²) in [5.74, 6) is -0.664. The summed E-state index contributed by atoms with van der Waals surface area (Å²) in [4.78, 5) is 47.5. The first-order valence-corrected chi connectivity index (χ1v) is 9.62. The van der Waals surface area contributed by atoms with Crippen molar-refractivity contribution >= 4 is 34.3 Å². The Morgan fingerprint density at radius 2 is 2.00 bits per heavy atom. The molecule has 3 aromatic rings. The van der Waals surface area contributed by atoms with Crippen LogP contribution in [0.1, 0.15) is 40.6 Å². The topological polar surface area (TPSA) is 101 Å². The monoisotopic (exact) mass is 402 g/mol. The summed E-state index contributed by atoms with van der Waals surface area (Å²) in [6, 6.07) is 10.3. The maximum atomic E-state index is 13.2. The number of anilines is 1. The second kappa shape index (κ2) is 7.00. The van der Waals surface area contributed by atoms with Gasteiger partial charge >= 0.3 is 0 Å². The first-order valence-electron chi connectivity index (χ1n) is 9.62. The van der Waals surface area contributed by atoms with E-state index in [2.05, 4.69) is 15.3 Å². The van der Waals surface area contributed by atoms with Crippen molar-refractivity contribution in [2.24, 2.45) is 0 Å². The van der Waals surface area contributed by atoms with Crippen LogP contribution in [0.2, 0.25) is 0 Å². The number of pyridine rings is 2. The molecule has 2 aliphatic rings. The number of nitrogens with zero attached hydrogens (tertiary/aromatic N) is 3. The maximum Gasteiger partial charge on any atom is 0.260 e. The zero-order valence-electron chi connectivity index (χ0n) is 16.2. The Labute approximate surface area is 171 Å². The molecule has 8 heteroatoms. The summed E-state index contributed by atoms with van der Waals surface area (Å²) in [5.41, 5.74) is 2.00. The zero-order valence-corrected chi connectivity index (χ0v) is 16.2. The molecule has 3 amide bonds. The number of rotatable bonds is 4. The summed E-state index contributed by atoms with van der Waals surface area (Å²) in [5, 5.41) is 3.82. The molecule has 4 heterocycles. The van der Waals surface area contributed by atoms with Gasteiger partial charge in [0.2, 0.25) is 11.8 Å². The van der Waals surface area contributed by atoms with Gasteiger partial charge in [-0.05, 0) is 30.0 Å². The SMILES string of the molecule is COC(c1ccccn1)c1cnc2c3c(cccc13)C(=O)N2C1CCC(=O)NC1=O. The number of nitrogens with one attached hydrogen (secondary N) is 1. The van der Waals surface area contributed by atoms with E-state index in [4.69, 9.17) is 4.74 Å². The van der Waals surface area contributed by atoms with Crippen molar-refractivity contribution < 1.29 is 19.1 Å². The first kappa shape index (κ1) is 18.4. The van der Waals surface area contributed by atoms with E-state index in [1.165, 1.54) is 4.90 Å². The van der Waals surface area contributed by atoms with Crippen molar-refractivity contribution in [2.75, 3.05) is 12.0 Å². The number of hydrogen-bond acceptors (Lipinski definition) is 6. The molecule has 8 nitrogen and oxygen atoms in total. The third-order valence-corrected chi connectivity index (χ3v) is 5.60. The van der Waals surface area contributed by atoms with Gasteiger partial charge in [0.05, 0.1) is 11.3 Å². The quantitative estimate of drug-likeness (QED) is 0.671. The Kier molecular flexibility index (Phi) is 4.29. The number of aromatic nitrogens is 2. The smallest absolute Gasteiger partial charge is 0.260 e. The lowest BCUT2D eigenvalue weighted by atomic mass is 9.98. The molecule has 0 aliphatic carbocycles. The lowest BCUT2D eigenvalue weighted by Gasteiger charge is -2.29. The summed E-state index contributed by atoms with van der Waals surface area (Å²) in [7, 11) is 1.60. The Balaban J connectivity index is 1.65. The lowest BCUT2D eigenvalue weighted by molar-refractivity contribution is -0.134. The largest absolute Gasteiger partial charge is 0.370 e. The third-order valence-electron chi connectivity index (χ3n) is 5.60. The zero-order chi connectivity index (χ0) is 20.8.